The van der Waals surface area contributed by atoms with Crippen molar-refractivity contribution in [2.24, 2.45) is 14.1 Å². The van der Waals surface area contributed by atoms with Crippen molar-refractivity contribution >= 4 is 0 Å². The molecular weight excluding hydrogens is 597 g/mol. The number of hydrogen-bond acceptors (Lipinski definition) is 0. The van der Waals surface area contributed by atoms with Gasteiger partial charge >= 0.3 is 0 Å². The monoisotopic (exact) mass is 640 g/mol. The lowest BCUT2D eigenvalue weighted by Gasteiger charge is -2.13. The highest BCUT2D eigenvalue weighted by Gasteiger charge is 2.24. The number of rotatable bonds is 6. The van der Waals surface area contributed by atoms with E-state index in [1.807, 2.05) is 7.05 Å². The first-order valence-corrected chi connectivity index (χ1v) is 17.0. The third-order valence-corrected chi connectivity index (χ3v) is 9.59. The second-order valence-corrected chi connectivity index (χ2v) is 13.3. The van der Waals surface area contributed by atoms with Crippen molar-refractivity contribution in [1.29, 1.82) is 0 Å². The van der Waals surface area contributed by atoms with Crippen molar-refractivity contribution in [2.45, 2.75) is 34.6 Å². The molecule has 0 aliphatic carbocycles. The lowest BCUT2D eigenvalue weighted by molar-refractivity contribution is -0.671. The van der Waals surface area contributed by atoms with E-state index < -0.39 is 0 Å². The Morgan fingerprint density at radius 1 is 0.347 bits per heavy atom. The van der Waals surface area contributed by atoms with E-state index in [-0.39, 0.29) is 0 Å². The van der Waals surface area contributed by atoms with Gasteiger partial charge in [0.1, 0.15) is 14.1 Å². The average molecular weight is 641 g/mol. The Bertz CT molecular complexity index is 2300. The van der Waals surface area contributed by atoms with Gasteiger partial charge in [-0.25, -0.2) is 9.13 Å². The van der Waals surface area contributed by atoms with Crippen molar-refractivity contribution in [1.82, 2.24) is 0 Å². The Morgan fingerprint density at radius 2 is 0.776 bits per heavy atom. The quantitative estimate of drug-likeness (QED) is 0.163. The van der Waals surface area contributed by atoms with E-state index in [9.17, 15) is 0 Å². The number of benzene rings is 3. The van der Waals surface area contributed by atoms with Crippen LogP contribution in [0.15, 0.2) is 140 Å². The Kier molecular flexibility index (Phi) is 8.48. The van der Waals surface area contributed by atoms with Crippen LogP contribution < -0.4 is 18.3 Å². The number of aromatic nitrogens is 4. The van der Waals surface area contributed by atoms with E-state index in [1.54, 1.807) is 0 Å². The van der Waals surface area contributed by atoms with Gasteiger partial charge in [0, 0.05) is 98.1 Å². The normalized spacial score (nSPS) is 11.2. The molecule has 49 heavy (non-hydrogen) atoms. The van der Waals surface area contributed by atoms with Crippen molar-refractivity contribution in [3.63, 3.8) is 0 Å². The molecule has 4 heterocycles. The second-order valence-electron chi connectivity index (χ2n) is 13.3. The zero-order valence-corrected chi connectivity index (χ0v) is 29.6. The molecule has 4 heteroatoms. The fourth-order valence-electron chi connectivity index (χ4n) is 7.05. The molecule has 0 radical (unpaired) electrons. The van der Waals surface area contributed by atoms with Crippen LogP contribution in [0.5, 0.6) is 0 Å². The molecule has 0 aliphatic heterocycles. The predicted octanol–water partition coefficient (Wildman–Crippen LogP) is 8.10. The standard InChI is InChI=1S/C45H44N4/c1-31-25-39(13-15-43(31)48-33(3)27-41(28-34(48)4)36-17-21-46(6)22-18-36)40-14-16-44(32(2)26-40)49-35(5)29-42(37-19-23-47(7)24-20-37)30-45(49)38-11-9-8-10-12-38/h8-30H,1-7H3/q+4. The van der Waals surface area contributed by atoms with Gasteiger partial charge in [-0.1, -0.05) is 18.2 Å². The van der Waals surface area contributed by atoms with E-state index in [2.05, 4.69) is 200 Å². The summed E-state index contributed by atoms with van der Waals surface area (Å²) in [5, 5.41) is 0. The van der Waals surface area contributed by atoms with Crippen LogP contribution in [0.4, 0.5) is 0 Å². The SMILES string of the molecule is Cc1cc(-c2ccc(-[n+]3c(C)cc(-c4cc[n+](C)cc4)cc3-c3ccccc3)c(C)c2)ccc1-[n+]1c(C)cc(-c2cc[n+](C)cc2)cc1C. The van der Waals surface area contributed by atoms with Gasteiger partial charge < -0.3 is 0 Å². The maximum Gasteiger partial charge on any atom is 0.219 e. The smallest absolute Gasteiger partial charge is 0.208 e. The molecule has 0 saturated carbocycles. The van der Waals surface area contributed by atoms with Crippen LogP contribution in [0.25, 0.3) is 56.0 Å². The summed E-state index contributed by atoms with van der Waals surface area (Å²) in [7, 11) is 4.10. The van der Waals surface area contributed by atoms with Crippen molar-refractivity contribution in [2.75, 3.05) is 0 Å². The van der Waals surface area contributed by atoms with E-state index in [0.717, 1.165) is 0 Å². The molecule has 240 valence electrons. The summed E-state index contributed by atoms with van der Waals surface area (Å²) in [4.78, 5) is 0. The summed E-state index contributed by atoms with van der Waals surface area (Å²) in [5.41, 5.74) is 18.2. The minimum Gasteiger partial charge on any atom is -0.208 e. The lowest BCUT2D eigenvalue weighted by atomic mass is 9.98. The summed E-state index contributed by atoms with van der Waals surface area (Å²) >= 11 is 0. The second kappa shape index (κ2) is 13.0. The highest BCUT2D eigenvalue weighted by atomic mass is 15.0. The van der Waals surface area contributed by atoms with Gasteiger partial charge in [0.2, 0.25) is 17.1 Å². The number of pyridine rings is 4. The minimum absolute atomic E-state index is 1.18. The lowest BCUT2D eigenvalue weighted by Crippen LogP contribution is -2.38. The summed E-state index contributed by atoms with van der Waals surface area (Å²) in [6.45, 7) is 11.1. The molecule has 4 aromatic heterocycles. The molecule has 0 saturated heterocycles. The van der Waals surface area contributed by atoms with Crippen LogP contribution >= 0.6 is 0 Å². The molecular formula is C45H44N4+4. The van der Waals surface area contributed by atoms with Crippen LogP contribution in [0.2, 0.25) is 0 Å². The highest BCUT2D eigenvalue weighted by molar-refractivity contribution is 5.71. The van der Waals surface area contributed by atoms with Gasteiger partial charge in [0.05, 0.1) is 0 Å². The van der Waals surface area contributed by atoms with E-state index in [4.69, 9.17) is 0 Å². The predicted molar refractivity (Wildman–Crippen MR) is 197 cm³/mol. The molecule has 0 bridgehead atoms. The molecule has 0 amide bonds. The van der Waals surface area contributed by atoms with Crippen LogP contribution in [-0.4, -0.2) is 0 Å². The first-order valence-electron chi connectivity index (χ1n) is 17.0. The first kappa shape index (κ1) is 31.8. The zero-order valence-electron chi connectivity index (χ0n) is 29.6. The Labute approximate surface area is 290 Å². The molecule has 0 spiro atoms. The average Bonchev–Trinajstić information content (AvgIpc) is 3.09. The van der Waals surface area contributed by atoms with Crippen molar-refractivity contribution in [3.8, 4) is 56.0 Å². The molecule has 0 aliphatic rings. The van der Waals surface area contributed by atoms with Gasteiger partial charge in [-0.15, -0.1) is 0 Å². The molecule has 0 fully saturated rings. The van der Waals surface area contributed by atoms with Gasteiger partial charge in [-0.05, 0) is 83.6 Å². The third kappa shape index (κ3) is 6.30. The topological polar surface area (TPSA) is 15.5 Å². The van der Waals surface area contributed by atoms with Crippen LogP contribution in [-0.2, 0) is 14.1 Å². The summed E-state index contributed by atoms with van der Waals surface area (Å²) in [6.07, 6.45) is 8.41. The number of hydrogen-bond donors (Lipinski definition) is 0. The van der Waals surface area contributed by atoms with Gasteiger partial charge in [-0.2, -0.15) is 9.13 Å². The summed E-state index contributed by atoms with van der Waals surface area (Å²) in [5.74, 6) is 0. The van der Waals surface area contributed by atoms with Crippen LogP contribution in [0.3, 0.4) is 0 Å². The summed E-state index contributed by atoms with van der Waals surface area (Å²) < 4.78 is 8.90. The van der Waals surface area contributed by atoms with Gasteiger partial charge in [-0.3, -0.25) is 0 Å². The Morgan fingerprint density at radius 3 is 1.24 bits per heavy atom. The van der Waals surface area contributed by atoms with E-state index in [1.165, 1.54) is 84.2 Å². The minimum atomic E-state index is 1.18. The molecule has 7 rings (SSSR count). The number of nitrogens with zero attached hydrogens (tertiary/aromatic N) is 4. The van der Waals surface area contributed by atoms with E-state index in [0.29, 0.717) is 0 Å². The zero-order chi connectivity index (χ0) is 34.2. The van der Waals surface area contributed by atoms with Crippen molar-refractivity contribution < 1.29 is 18.3 Å². The first-order chi connectivity index (χ1) is 23.7. The summed E-state index contributed by atoms with van der Waals surface area (Å²) in [6, 6.07) is 42.3. The van der Waals surface area contributed by atoms with Crippen LogP contribution in [0, 0.1) is 34.6 Å². The fourth-order valence-corrected chi connectivity index (χ4v) is 7.05. The van der Waals surface area contributed by atoms with Crippen molar-refractivity contribution in [3.05, 3.63) is 168 Å². The maximum atomic E-state index is 2.40. The molecule has 7 aromatic rings. The maximum absolute atomic E-state index is 2.40. The van der Waals surface area contributed by atoms with Gasteiger partial charge in [0.25, 0.3) is 0 Å². The largest absolute Gasteiger partial charge is 0.219 e. The Balaban J connectivity index is 1.25. The van der Waals surface area contributed by atoms with Crippen LogP contribution in [0.1, 0.15) is 28.2 Å². The molecule has 3 aromatic carbocycles. The molecule has 0 N–H and O–H groups in total. The number of aryl methyl sites for hydroxylation is 7. The highest BCUT2D eigenvalue weighted by Crippen LogP contribution is 2.30. The van der Waals surface area contributed by atoms with Gasteiger partial charge in [0.15, 0.2) is 41.9 Å². The molecule has 4 nitrogen and oxygen atoms in total. The molecule has 0 atom stereocenters. The Hall–Kier alpha value is -5.74. The van der Waals surface area contributed by atoms with E-state index >= 15 is 0 Å². The third-order valence-electron chi connectivity index (χ3n) is 9.59. The fraction of sp³-hybridized carbons (Fsp3) is 0.156. The molecule has 0 unspecified atom stereocenters.